The number of anilines is 1. The van der Waals surface area contributed by atoms with Gasteiger partial charge in [0.1, 0.15) is 35.8 Å². The van der Waals surface area contributed by atoms with E-state index in [1.54, 1.807) is 30.5 Å². The fourth-order valence-electron chi connectivity index (χ4n) is 4.52. The third-order valence-corrected chi connectivity index (χ3v) is 6.16. The van der Waals surface area contributed by atoms with E-state index >= 15 is 0 Å². The molecule has 6 nitrogen and oxygen atoms in total. The quantitative estimate of drug-likeness (QED) is 0.203. The van der Waals surface area contributed by atoms with Crippen LogP contribution in [0.15, 0.2) is 84.3 Å². The van der Waals surface area contributed by atoms with E-state index in [0.717, 1.165) is 16.0 Å². The molecule has 2 heterocycles. The molecule has 1 aliphatic rings. The number of rotatable bonds is 7. The Hall–Kier alpha value is -3.92. The van der Waals surface area contributed by atoms with Crippen LogP contribution in [0.1, 0.15) is 38.8 Å². The summed E-state index contributed by atoms with van der Waals surface area (Å²) in [4.78, 5) is 0.784. The average molecular weight is 543 g/mol. The zero-order chi connectivity index (χ0) is 28.3. The summed E-state index contributed by atoms with van der Waals surface area (Å²) in [6.45, 7) is 8.26. The zero-order valence-corrected chi connectivity index (χ0v) is 21.9. The van der Waals surface area contributed by atoms with E-state index in [2.05, 4.69) is 16.9 Å². The molecule has 0 saturated carbocycles. The Bertz CT molecular complexity index is 1390. The number of hydrogen-bond acceptors (Lipinski definition) is 5. The van der Waals surface area contributed by atoms with Crippen molar-refractivity contribution in [2.45, 2.75) is 52.1 Å². The summed E-state index contributed by atoms with van der Waals surface area (Å²) in [5.74, 6) is 0.627. The Morgan fingerprint density at radius 2 is 1.85 bits per heavy atom. The number of halogens is 4. The highest BCUT2D eigenvalue weighted by Crippen LogP contribution is 2.37. The maximum absolute atomic E-state index is 14.5. The molecule has 0 aliphatic carbocycles. The van der Waals surface area contributed by atoms with E-state index in [4.69, 9.17) is 4.74 Å². The third-order valence-electron chi connectivity index (χ3n) is 6.16. The van der Waals surface area contributed by atoms with Crippen molar-refractivity contribution in [3.05, 3.63) is 95.7 Å². The molecule has 2 aromatic carbocycles. The normalized spacial score (nSPS) is 17.8. The number of aliphatic hydroxyl groups excluding tert-OH is 1. The lowest BCUT2D eigenvalue weighted by Gasteiger charge is -2.33. The summed E-state index contributed by atoms with van der Waals surface area (Å²) < 4.78 is 62.1. The van der Waals surface area contributed by atoms with Crippen molar-refractivity contribution in [2.75, 3.05) is 11.4 Å². The Labute approximate surface area is 224 Å². The van der Waals surface area contributed by atoms with Gasteiger partial charge >= 0.3 is 6.18 Å². The number of ether oxygens (including phenoxy) is 1. The van der Waals surface area contributed by atoms with Gasteiger partial charge in [0.05, 0.1) is 12.2 Å². The third kappa shape index (κ3) is 6.94. The van der Waals surface area contributed by atoms with Gasteiger partial charge in [-0.05, 0) is 82.2 Å². The van der Waals surface area contributed by atoms with Crippen LogP contribution in [0, 0.1) is 5.82 Å². The standard InChI is InChI=1S/C29H30F4N4O2/c1-18(2)14-22(15-19(3)4)39-21-10-8-20(9-11-21)25-16-37(35-34-25)27-13-12-23-24(30)6-5-7-26(23)36(28(27)38)17-29(31,32)33/h5-11,14-16,27-28,38H,1,12-13,17H2,2-4H3/b22-14+. The van der Waals surface area contributed by atoms with Gasteiger partial charge in [0, 0.05) is 16.8 Å². The van der Waals surface area contributed by atoms with Crippen LogP contribution in [0.25, 0.3) is 11.3 Å². The topological polar surface area (TPSA) is 63.4 Å². The van der Waals surface area contributed by atoms with Crippen LogP contribution in [-0.4, -0.2) is 39.0 Å². The maximum atomic E-state index is 14.5. The molecule has 0 spiro atoms. The first-order valence-electron chi connectivity index (χ1n) is 12.4. The fourth-order valence-corrected chi connectivity index (χ4v) is 4.52. The van der Waals surface area contributed by atoms with Gasteiger partial charge in [0.15, 0.2) is 0 Å². The molecule has 1 aromatic heterocycles. The number of aromatic nitrogens is 3. The first kappa shape index (κ1) is 28.1. The first-order chi connectivity index (χ1) is 18.4. The van der Waals surface area contributed by atoms with Gasteiger partial charge in [-0.1, -0.05) is 29.0 Å². The number of aliphatic hydroxyl groups is 1. The SMILES string of the molecule is C=C(C)/C=C(\C=C(C)C)Oc1ccc(-c2cn(C3CCc4c(F)cccc4N(CC(F)(F)F)C3O)nn2)cc1. The molecule has 1 N–H and O–H groups in total. The molecule has 0 radical (unpaired) electrons. The minimum Gasteiger partial charge on any atom is -0.457 e. The molecule has 4 rings (SSSR count). The largest absolute Gasteiger partial charge is 0.457 e. The van der Waals surface area contributed by atoms with Crippen LogP contribution in [0.4, 0.5) is 23.2 Å². The van der Waals surface area contributed by atoms with Gasteiger partial charge in [0.25, 0.3) is 0 Å². The molecule has 206 valence electrons. The smallest absolute Gasteiger partial charge is 0.406 e. The lowest BCUT2D eigenvalue weighted by Crippen LogP contribution is -2.46. The predicted octanol–water partition coefficient (Wildman–Crippen LogP) is 6.76. The predicted molar refractivity (Wildman–Crippen MR) is 142 cm³/mol. The lowest BCUT2D eigenvalue weighted by molar-refractivity contribution is -0.125. The van der Waals surface area contributed by atoms with Crippen molar-refractivity contribution in [1.29, 1.82) is 0 Å². The van der Waals surface area contributed by atoms with Gasteiger partial charge in [-0.25, -0.2) is 9.07 Å². The lowest BCUT2D eigenvalue weighted by atomic mass is 10.1. The summed E-state index contributed by atoms with van der Waals surface area (Å²) in [7, 11) is 0. The molecule has 39 heavy (non-hydrogen) atoms. The molecule has 1 aliphatic heterocycles. The van der Waals surface area contributed by atoms with Crippen LogP contribution in [0.2, 0.25) is 0 Å². The monoisotopic (exact) mass is 542 g/mol. The van der Waals surface area contributed by atoms with Crippen molar-refractivity contribution in [3.63, 3.8) is 0 Å². The van der Waals surface area contributed by atoms with Crippen molar-refractivity contribution < 1.29 is 27.4 Å². The van der Waals surface area contributed by atoms with Gasteiger partial charge in [-0.15, -0.1) is 5.10 Å². The second-order valence-electron chi connectivity index (χ2n) is 9.83. The fraction of sp³-hybridized carbons (Fsp3) is 0.310. The Morgan fingerprint density at radius 3 is 2.49 bits per heavy atom. The number of fused-ring (bicyclic) bond motifs is 1. The minimum atomic E-state index is -4.61. The van der Waals surface area contributed by atoms with Crippen molar-refractivity contribution in [3.8, 4) is 17.0 Å². The summed E-state index contributed by atoms with van der Waals surface area (Å²) >= 11 is 0. The molecule has 10 heteroatoms. The summed E-state index contributed by atoms with van der Waals surface area (Å²) in [5.41, 5.74) is 3.22. The average Bonchev–Trinajstić information content (AvgIpc) is 3.27. The van der Waals surface area contributed by atoms with E-state index in [1.165, 1.54) is 22.9 Å². The molecule has 3 aromatic rings. The molecular weight excluding hydrogens is 512 g/mol. The molecular formula is C29H30F4N4O2. The number of benzene rings is 2. The molecule has 0 bridgehead atoms. The first-order valence-corrected chi connectivity index (χ1v) is 12.4. The highest BCUT2D eigenvalue weighted by molar-refractivity contribution is 5.59. The van der Waals surface area contributed by atoms with Gasteiger partial charge < -0.3 is 14.7 Å². The van der Waals surface area contributed by atoms with Crippen molar-refractivity contribution in [1.82, 2.24) is 15.0 Å². The van der Waals surface area contributed by atoms with E-state index in [1.807, 2.05) is 32.9 Å². The molecule has 0 fully saturated rings. The van der Waals surface area contributed by atoms with Crippen molar-refractivity contribution >= 4 is 5.69 Å². The molecule has 0 amide bonds. The highest BCUT2D eigenvalue weighted by Gasteiger charge is 2.40. The van der Waals surface area contributed by atoms with Crippen molar-refractivity contribution in [2.24, 2.45) is 0 Å². The van der Waals surface area contributed by atoms with E-state index < -0.39 is 30.8 Å². The van der Waals surface area contributed by atoms with Gasteiger partial charge in [-0.2, -0.15) is 13.2 Å². The molecule has 2 unspecified atom stereocenters. The van der Waals surface area contributed by atoms with E-state index in [0.29, 0.717) is 22.8 Å². The molecule has 0 saturated heterocycles. The molecule has 2 atom stereocenters. The van der Waals surface area contributed by atoms with E-state index in [-0.39, 0.29) is 24.1 Å². The summed E-state index contributed by atoms with van der Waals surface area (Å²) in [5, 5.41) is 19.4. The van der Waals surface area contributed by atoms with Crippen LogP contribution < -0.4 is 9.64 Å². The highest BCUT2D eigenvalue weighted by atomic mass is 19.4. The van der Waals surface area contributed by atoms with Crippen LogP contribution >= 0.6 is 0 Å². The van der Waals surface area contributed by atoms with Crippen LogP contribution in [0.3, 0.4) is 0 Å². The second kappa shape index (κ2) is 11.4. The van der Waals surface area contributed by atoms with Crippen LogP contribution in [0.5, 0.6) is 5.75 Å². The van der Waals surface area contributed by atoms with E-state index in [9.17, 15) is 22.7 Å². The Balaban J connectivity index is 1.58. The second-order valence-corrected chi connectivity index (χ2v) is 9.83. The summed E-state index contributed by atoms with van der Waals surface area (Å²) in [6, 6.07) is 10.2. The summed E-state index contributed by atoms with van der Waals surface area (Å²) in [6.07, 6.45) is -0.616. The number of allylic oxidation sites excluding steroid dienone is 4. The Morgan fingerprint density at radius 1 is 1.13 bits per heavy atom. The maximum Gasteiger partial charge on any atom is 0.406 e. The minimum absolute atomic E-state index is 0.0198. The Kier molecular flexibility index (Phi) is 8.25. The number of nitrogens with zero attached hydrogens (tertiary/aromatic N) is 4. The zero-order valence-electron chi connectivity index (χ0n) is 21.9. The number of hydrogen-bond donors (Lipinski definition) is 1. The van der Waals surface area contributed by atoms with Gasteiger partial charge in [0.2, 0.25) is 0 Å². The van der Waals surface area contributed by atoms with Gasteiger partial charge in [-0.3, -0.25) is 0 Å². The van der Waals surface area contributed by atoms with Crippen LogP contribution in [-0.2, 0) is 6.42 Å². The number of alkyl halides is 3.